The zero-order valence-corrected chi connectivity index (χ0v) is 16.5. The van der Waals surface area contributed by atoms with E-state index >= 15 is 0 Å². The maximum Gasteiger partial charge on any atom is 0.338 e. The molecule has 0 aliphatic rings. The van der Waals surface area contributed by atoms with Gasteiger partial charge in [-0.25, -0.2) is 4.79 Å². The number of phenolic OH excluding ortho intramolecular Hbond substituents is 2. The highest BCUT2D eigenvalue weighted by molar-refractivity contribution is 5.97. The fourth-order valence-electron chi connectivity index (χ4n) is 3.03. The molecule has 3 aromatic carbocycles. The molecule has 0 aliphatic heterocycles. The van der Waals surface area contributed by atoms with Crippen molar-refractivity contribution < 1.29 is 24.5 Å². The van der Waals surface area contributed by atoms with Crippen LogP contribution >= 0.6 is 0 Å². The maximum absolute atomic E-state index is 12.8. The summed E-state index contributed by atoms with van der Waals surface area (Å²) in [5, 5.41) is 22.3. The predicted molar refractivity (Wildman–Crippen MR) is 114 cm³/mol. The first-order valence-corrected chi connectivity index (χ1v) is 9.61. The molecule has 154 valence electrons. The van der Waals surface area contributed by atoms with E-state index < -0.39 is 0 Å². The number of hydrogen-bond donors (Lipinski definition) is 3. The van der Waals surface area contributed by atoms with Crippen LogP contribution in [-0.2, 0) is 4.74 Å². The number of hydrogen-bond acceptors (Lipinski definition) is 6. The number of nitrogens with one attached hydrogen (secondary N) is 1. The molecule has 3 rings (SSSR count). The van der Waals surface area contributed by atoms with E-state index in [1.807, 2.05) is 0 Å². The molecule has 0 radical (unpaired) electrons. The van der Waals surface area contributed by atoms with Crippen molar-refractivity contribution in [3.63, 3.8) is 0 Å². The topological polar surface area (TPSA) is 95.9 Å². The van der Waals surface area contributed by atoms with Crippen LogP contribution in [0.2, 0.25) is 0 Å². The van der Waals surface area contributed by atoms with Gasteiger partial charge < -0.3 is 20.3 Å². The summed E-state index contributed by atoms with van der Waals surface area (Å²) < 4.78 is 4.99. The number of phenols is 2. The molecule has 30 heavy (non-hydrogen) atoms. The number of benzene rings is 3. The van der Waals surface area contributed by atoms with Gasteiger partial charge in [-0.1, -0.05) is 12.1 Å². The first kappa shape index (κ1) is 20.9. The van der Waals surface area contributed by atoms with Crippen LogP contribution in [0.4, 0.5) is 5.69 Å². The van der Waals surface area contributed by atoms with Crippen LogP contribution in [0, 0.1) is 0 Å². The third-order valence-electron chi connectivity index (χ3n) is 4.61. The van der Waals surface area contributed by atoms with Gasteiger partial charge in [0.05, 0.1) is 18.2 Å². The summed E-state index contributed by atoms with van der Waals surface area (Å²) in [6.07, 6.45) is 0.162. The van der Waals surface area contributed by atoms with Crippen molar-refractivity contribution in [3.8, 4) is 11.5 Å². The third-order valence-corrected chi connectivity index (χ3v) is 4.61. The molecule has 3 N–H and O–H groups in total. The summed E-state index contributed by atoms with van der Waals surface area (Å²) in [5.74, 6) is -0.243. The lowest BCUT2D eigenvalue weighted by Gasteiger charge is -2.20. The first-order valence-electron chi connectivity index (χ1n) is 9.61. The number of anilines is 1. The van der Waals surface area contributed by atoms with Gasteiger partial charge in [0.2, 0.25) is 0 Å². The monoisotopic (exact) mass is 405 g/mol. The van der Waals surface area contributed by atoms with E-state index in [0.717, 1.165) is 11.3 Å². The Morgan fingerprint density at radius 1 is 0.833 bits per heavy atom. The Balaban J connectivity index is 1.81. The van der Waals surface area contributed by atoms with Crippen LogP contribution in [0.1, 0.15) is 45.7 Å². The van der Waals surface area contributed by atoms with Gasteiger partial charge in [0.15, 0.2) is 5.78 Å². The Kier molecular flexibility index (Phi) is 6.70. The van der Waals surface area contributed by atoms with Crippen LogP contribution in [0.25, 0.3) is 0 Å². The lowest BCUT2D eigenvalue weighted by Crippen LogP contribution is -2.16. The maximum atomic E-state index is 12.8. The minimum Gasteiger partial charge on any atom is -0.508 e. The number of Topliss-reactive ketones (excluding diaryl/α,β-unsaturated/α-hetero) is 1. The molecule has 0 heterocycles. The first-order chi connectivity index (χ1) is 14.5. The molecule has 1 atom stereocenters. The summed E-state index contributed by atoms with van der Waals surface area (Å²) in [6.45, 7) is 2.06. The van der Waals surface area contributed by atoms with Gasteiger partial charge in [-0.05, 0) is 73.2 Å². The summed E-state index contributed by atoms with van der Waals surface area (Å²) in [5.41, 5.74) is 2.51. The Labute approximate surface area is 174 Å². The molecule has 0 saturated heterocycles. The van der Waals surface area contributed by atoms with Crippen LogP contribution < -0.4 is 5.32 Å². The Morgan fingerprint density at radius 2 is 1.37 bits per heavy atom. The van der Waals surface area contributed by atoms with E-state index in [4.69, 9.17) is 4.74 Å². The molecule has 0 aliphatic carbocycles. The van der Waals surface area contributed by atoms with Gasteiger partial charge in [0.25, 0.3) is 0 Å². The molecule has 6 heteroatoms. The number of rotatable bonds is 8. The number of esters is 1. The quantitative estimate of drug-likeness (QED) is 0.371. The number of ketones is 1. The highest BCUT2D eigenvalue weighted by Crippen LogP contribution is 2.26. The van der Waals surface area contributed by atoms with Gasteiger partial charge in [-0.3, -0.25) is 4.79 Å². The van der Waals surface area contributed by atoms with E-state index in [9.17, 15) is 19.8 Å². The zero-order valence-electron chi connectivity index (χ0n) is 16.5. The zero-order chi connectivity index (χ0) is 21.5. The number of aromatic hydroxyl groups is 2. The van der Waals surface area contributed by atoms with Crippen LogP contribution in [0.3, 0.4) is 0 Å². The third kappa shape index (κ3) is 5.38. The highest BCUT2D eigenvalue weighted by Gasteiger charge is 2.18. The molecular formula is C24H23NO5. The Morgan fingerprint density at radius 3 is 1.93 bits per heavy atom. The van der Waals surface area contributed by atoms with Crippen molar-refractivity contribution >= 4 is 17.4 Å². The Hall–Kier alpha value is -3.80. The predicted octanol–water partition coefficient (Wildman–Crippen LogP) is 4.70. The minimum absolute atomic E-state index is 0.0938. The van der Waals surface area contributed by atoms with E-state index in [-0.39, 0.29) is 35.7 Å². The Bertz CT molecular complexity index is 995. The van der Waals surface area contributed by atoms with E-state index in [2.05, 4.69) is 5.32 Å². The molecule has 0 aromatic heterocycles. The largest absolute Gasteiger partial charge is 0.508 e. The van der Waals surface area contributed by atoms with Gasteiger partial charge in [0, 0.05) is 17.7 Å². The number of carbonyl (C=O) groups is 2. The van der Waals surface area contributed by atoms with E-state index in [1.165, 1.54) is 12.1 Å². The molecule has 0 spiro atoms. The smallest absolute Gasteiger partial charge is 0.338 e. The van der Waals surface area contributed by atoms with Crippen molar-refractivity contribution in [3.05, 3.63) is 89.5 Å². The van der Waals surface area contributed by atoms with Gasteiger partial charge in [0.1, 0.15) is 11.5 Å². The summed E-state index contributed by atoms with van der Waals surface area (Å²) in [4.78, 5) is 24.6. The number of ether oxygens (including phenoxy) is 1. The summed E-state index contributed by atoms with van der Waals surface area (Å²) >= 11 is 0. The fraction of sp³-hybridized carbons (Fsp3) is 0.167. The normalized spacial score (nSPS) is 11.5. The second kappa shape index (κ2) is 9.60. The summed E-state index contributed by atoms with van der Waals surface area (Å²) in [7, 11) is 0. The average molecular weight is 405 g/mol. The van der Waals surface area contributed by atoms with Crippen molar-refractivity contribution in [1.29, 1.82) is 0 Å². The lowest BCUT2D eigenvalue weighted by atomic mass is 9.97. The van der Waals surface area contributed by atoms with Crippen molar-refractivity contribution in [2.45, 2.75) is 19.4 Å². The second-order valence-electron chi connectivity index (χ2n) is 6.76. The van der Waals surface area contributed by atoms with E-state index in [1.54, 1.807) is 67.6 Å². The van der Waals surface area contributed by atoms with Crippen LogP contribution in [0.5, 0.6) is 11.5 Å². The van der Waals surface area contributed by atoms with Gasteiger partial charge >= 0.3 is 5.97 Å². The molecule has 1 unspecified atom stereocenters. The molecule has 3 aromatic rings. The number of carbonyl (C=O) groups excluding carboxylic acids is 2. The SMILES string of the molecule is CCOC(=O)c1ccc(NC(CC(=O)c2ccc(O)cc2)c2ccc(O)cc2)cc1. The molecule has 0 bridgehead atoms. The summed E-state index contributed by atoms with van der Waals surface area (Å²) in [6, 6.07) is 19.2. The highest BCUT2D eigenvalue weighted by atomic mass is 16.5. The molecule has 0 amide bonds. The lowest BCUT2D eigenvalue weighted by molar-refractivity contribution is 0.0526. The molecular weight excluding hydrogens is 382 g/mol. The second-order valence-corrected chi connectivity index (χ2v) is 6.76. The fourth-order valence-corrected chi connectivity index (χ4v) is 3.03. The average Bonchev–Trinajstić information content (AvgIpc) is 2.75. The van der Waals surface area contributed by atoms with Crippen molar-refractivity contribution in [1.82, 2.24) is 0 Å². The minimum atomic E-state index is -0.387. The van der Waals surface area contributed by atoms with Crippen LogP contribution in [-0.4, -0.2) is 28.6 Å². The van der Waals surface area contributed by atoms with Gasteiger partial charge in [-0.2, -0.15) is 0 Å². The van der Waals surface area contributed by atoms with Crippen LogP contribution in [0.15, 0.2) is 72.8 Å². The molecule has 0 saturated carbocycles. The standard InChI is InChI=1S/C24H23NO5/c1-2-30-24(29)18-3-9-19(10-4-18)25-22(16-5-11-20(26)12-6-16)15-23(28)17-7-13-21(27)14-8-17/h3-14,22,25-27H,2,15H2,1H3. The molecule has 6 nitrogen and oxygen atoms in total. The van der Waals surface area contributed by atoms with Crippen molar-refractivity contribution in [2.75, 3.05) is 11.9 Å². The molecule has 0 fully saturated rings. The van der Waals surface area contributed by atoms with Gasteiger partial charge in [-0.15, -0.1) is 0 Å². The van der Waals surface area contributed by atoms with Crippen molar-refractivity contribution in [2.24, 2.45) is 0 Å². The van der Waals surface area contributed by atoms with E-state index in [0.29, 0.717) is 17.7 Å².